The number of hydrogen-bond acceptors (Lipinski definition) is 7. The maximum Gasteiger partial charge on any atom is 0.251 e. The van der Waals surface area contributed by atoms with Gasteiger partial charge in [0, 0.05) is 25.6 Å². The summed E-state index contributed by atoms with van der Waals surface area (Å²) in [6, 6.07) is 5.86. The van der Waals surface area contributed by atoms with E-state index in [1.54, 1.807) is 13.0 Å². The first kappa shape index (κ1) is 18.5. The quantitative estimate of drug-likeness (QED) is 0.722. The number of nitrogens with one attached hydrogen (secondary N) is 2. The minimum absolute atomic E-state index is 0.0412. The number of nitrogens with zero attached hydrogens (tertiary/aromatic N) is 2. The lowest BCUT2D eigenvalue weighted by atomic mass is 10.1. The highest BCUT2D eigenvalue weighted by Gasteiger charge is 2.21. The fraction of sp³-hybridized carbons (Fsp3) is 0.438. The summed E-state index contributed by atoms with van der Waals surface area (Å²) in [6.07, 6.45) is 0.834. The van der Waals surface area contributed by atoms with Crippen molar-refractivity contribution in [1.82, 2.24) is 20.2 Å². The molecule has 1 fully saturated rings. The fourth-order valence-electron chi connectivity index (χ4n) is 2.53. The monoisotopic (exact) mass is 380 g/mol. The van der Waals surface area contributed by atoms with Crippen molar-refractivity contribution in [2.45, 2.75) is 24.8 Å². The van der Waals surface area contributed by atoms with Gasteiger partial charge in [-0.15, -0.1) is 0 Å². The molecule has 1 atom stereocenters. The number of carbonyl (C=O) groups is 1. The van der Waals surface area contributed by atoms with Crippen LogP contribution in [0.15, 0.2) is 33.7 Å². The minimum atomic E-state index is -3.69. The van der Waals surface area contributed by atoms with Gasteiger partial charge < -0.3 is 14.6 Å². The number of amides is 1. The molecular formula is C16H20N4O5S. The number of sulfonamides is 1. The van der Waals surface area contributed by atoms with Gasteiger partial charge in [0.25, 0.3) is 5.91 Å². The number of benzene rings is 1. The number of aromatic nitrogens is 2. The number of aryl methyl sites for hydroxylation is 1. The van der Waals surface area contributed by atoms with Crippen LogP contribution in [0.2, 0.25) is 0 Å². The van der Waals surface area contributed by atoms with Crippen molar-refractivity contribution in [1.29, 1.82) is 0 Å². The van der Waals surface area contributed by atoms with Crippen LogP contribution in [0, 0.1) is 12.8 Å². The topological polar surface area (TPSA) is 123 Å². The molecule has 9 nitrogen and oxygen atoms in total. The Balaban J connectivity index is 1.63. The summed E-state index contributed by atoms with van der Waals surface area (Å²) < 4.78 is 37.5. The maximum absolute atomic E-state index is 12.4. The first-order valence-electron chi connectivity index (χ1n) is 8.19. The second-order valence-electron chi connectivity index (χ2n) is 6.02. The zero-order chi connectivity index (χ0) is 18.6. The van der Waals surface area contributed by atoms with Gasteiger partial charge in [0.05, 0.1) is 18.0 Å². The van der Waals surface area contributed by atoms with Crippen molar-refractivity contribution in [3.8, 4) is 0 Å². The molecule has 0 bridgehead atoms. The Morgan fingerprint density at radius 2 is 2.23 bits per heavy atom. The highest BCUT2D eigenvalue weighted by atomic mass is 32.2. The molecule has 0 unspecified atom stereocenters. The molecule has 2 heterocycles. The van der Waals surface area contributed by atoms with Crippen molar-refractivity contribution in [3.63, 3.8) is 0 Å². The highest BCUT2D eigenvalue weighted by Crippen LogP contribution is 2.15. The van der Waals surface area contributed by atoms with Crippen LogP contribution in [0.25, 0.3) is 0 Å². The minimum Gasteiger partial charge on any atom is -0.381 e. The van der Waals surface area contributed by atoms with E-state index >= 15 is 0 Å². The lowest BCUT2D eigenvalue weighted by molar-refractivity contribution is 0.0949. The number of carbonyl (C=O) groups excluding carboxylic acids is 1. The Hall–Kier alpha value is -2.30. The van der Waals surface area contributed by atoms with Crippen molar-refractivity contribution in [2.75, 3.05) is 19.8 Å². The molecule has 1 saturated heterocycles. The van der Waals surface area contributed by atoms with Gasteiger partial charge in [-0.25, -0.2) is 13.1 Å². The van der Waals surface area contributed by atoms with Crippen LogP contribution >= 0.6 is 0 Å². The van der Waals surface area contributed by atoms with E-state index < -0.39 is 15.9 Å². The lowest BCUT2D eigenvalue weighted by Gasteiger charge is -2.11. The summed E-state index contributed by atoms with van der Waals surface area (Å²) in [5.41, 5.74) is 0.234. The van der Waals surface area contributed by atoms with E-state index in [4.69, 9.17) is 9.26 Å². The Kier molecular flexibility index (Phi) is 5.64. The maximum atomic E-state index is 12.4. The lowest BCUT2D eigenvalue weighted by Crippen LogP contribution is -2.30. The van der Waals surface area contributed by atoms with Crippen LogP contribution in [0.1, 0.15) is 28.5 Å². The van der Waals surface area contributed by atoms with E-state index in [1.807, 2.05) is 0 Å². The van der Waals surface area contributed by atoms with Crippen molar-refractivity contribution in [3.05, 3.63) is 41.5 Å². The molecule has 1 aliphatic rings. The number of rotatable bonds is 7. The molecule has 0 radical (unpaired) electrons. The predicted octanol–water partition coefficient (Wildman–Crippen LogP) is 0.623. The van der Waals surface area contributed by atoms with Crippen LogP contribution in [0.3, 0.4) is 0 Å². The Morgan fingerprint density at radius 3 is 2.92 bits per heavy atom. The molecule has 1 aromatic carbocycles. The zero-order valence-corrected chi connectivity index (χ0v) is 15.1. The van der Waals surface area contributed by atoms with Gasteiger partial charge in [-0.3, -0.25) is 4.79 Å². The zero-order valence-electron chi connectivity index (χ0n) is 14.3. The molecule has 1 aromatic heterocycles. The molecule has 1 amide bonds. The van der Waals surface area contributed by atoms with Gasteiger partial charge in [0.2, 0.25) is 15.9 Å². The SMILES string of the molecule is Cc1nc(CNC(=O)c2cccc(S(=O)(=O)NC[C@@H]3CCOC3)c2)no1. The highest BCUT2D eigenvalue weighted by molar-refractivity contribution is 7.89. The van der Waals surface area contributed by atoms with E-state index in [9.17, 15) is 13.2 Å². The van der Waals surface area contributed by atoms with Crippen LogP contribution in [-0.4, -0.2) is 44.2 Å². The molecule has 1 aliphatic heterocycles. The molecule has 0 saturated carbocycles. The van der Waals surface area contributed by atoms with E-state index in [-0.39, 0.29) is 22.9 Å². The Bertz CT molecular complexity index is 874. The fourth-order valence-corrected chi connectivity index (χ4v) is 3.70. The Labute approximate surface area is 151 Å². The van der Waals surface area contributed by atoms with Gasteiger partial charge in [0.1, 0.15) is 0 Å². The van der Waals surface area contributed by atoms with E-state index in [1.165, 1.54) is 18.2 Å². The standard InChI is InChI=1S/C16H20N4O5S/c1-11-19-15(20-25-11)9-17-16(21)13-3-2-4-14(7-13)26(22,23)18-8-12-5-6-24-10-12/h2-4,7,12,18H,5-6,8-10H2,1H3,(H,17,21)/t12-/m0/s1. The van der Waals surface area contributed by atoms with Crippen LogP contribution in [0.4, 0.5) is 0 Å². The average Bonchev–Trinajstić information content (AvgIpc) is 3.29. The van der Waals surface area contributed by atoms with Crippen molar-refractivity contribution in [2.24, 2.45) is 5.92 Å². The summed E-state index contributed by atoms with van der Waals surface area (Å²) in [7, 11) is -3.69. The first-order chi connectivity index (χ1) is 12.4. The summed E-state index contributed by atoms with van der Waals surface area (Å²) in [4.78, 5) is 16.3. The molecule has 26 heavy (non-hydrogen) atoms. The van der Waals surface area contributed by atoms with Crippen LogP contribution < -0.4 is 10.0 Å². The molecule has 0 spiro atoms. The third-order valence-electron chi connectivity index (χ3n) is 3.97. The molecule has 10 heteroatoms. The average molecular weight is 380 g/mol. The van der Waals surface area contributed by atoms with Crippen molar-refractivity contribution < 1.29 is 22.5 Å². The molecule has 2 N–H and O–H groups in total. The summed E-state index contributed by atoms with van der Waals surface area (Å²) in [5, 5.41) is 6.31. The smallest absolute Gasteiger partial charge is 0.251 e. The number of hydrogen-bond donors (Lipinski definition) is 2. The third kappa shape index (κ3) is 4.65. The summed E-state index contributed by atoms with van der Waals surface area (Å²) >= 11 is 0. The molecule has 140 valence electrons. The predicted molar refractivity (Wildman–Crippen MR) is 90.8 cm³/mol. The second kappa shape index (κ2) is 7.94. The Morgan fingerprint density at radius 1 is 1.38 bits per heavy atom. The molecule has 0 aliphatic carbocycles. The van der Waals surface area contributed by atoms with Gasteiger partial charge in [-0.1, -0.05) is 11.2 Å². The van der Waals surface area contributed by atoms with Gasteiger partial charge >= 0.3 is 0 Å². The summed E-state index contributed by atoms with van der Waals surface area (Å²) in [6.45, 7) is 3.27. The first-order valence-corrected chi connectivity index (χ1v) is 9.67. The van der Waals surface area contributed by atoms with Crippen molar-refractivity contribution >= 4 is 15.9 Å². The third-order valence-corrected chi connectivity index (χ3v) is 5.39. The van der Waals surface area contributed by atoms with E-state index in [0.717, 1.165) is 6.42 Å². The van der Waals surface area contributed by atoms with Crippen LogP contribution in [-0.2, 0) is 21.3 Å². The van der Waals surface area contributed by atoms with E-state index in [0.29, 0.717) is 31.5 Å². The largest absolute Gasteiger partial charge is 0.381 e. The molecular weight excluding hydrogens is 360 g/mol. The molecule has 3 rings (SSSR count). The van der Waals surface area contributed by atoms with Gasteiger partial charge in [-0.2, -0.15) is 4.98 Å². The van der Waals surface area contributed by atoms with Crippen LogP contribution in [0.5, 0.6) is 0 Å². The second-order valence-corrected chi connectivity index (χ2v) is 7.79. The van der Waals surface area contributed by atoms with Gasteiger partial charge in [0.15, 0.2) is 5.82 Å². The van der Waals surface area contributed by atoms with Gasteiger partial charge in [-0.05, 0) is 30.5 Å². The van der Waals surface area contributed by atoms with E-state index in [2.05, 4.69) is 20.2 Å². The molecule has 2 aromatic rings. The normalized spacial score (nSPS) is 17.3. The summed E-state index contributed by atoms with van der Waals surface area (Å²) in [5.74, 6) is 0.504. The number of ether oxygens (including phenoxy) is 1.